The Labute approximate surface area is 123 Å². The molecule has 1 heterocycles. The molecule has 0 aliphatic carbocycles. The number of fused-ring (bicyclic) bond motifs is 1. The number of amides is 1. The zero-order valence-electron chi connectivity index (χ0n) is 11.2. The summed E-state index contributed by atoms with van der Waals surface area (Å²) in [7, 11) is 0. The highest BCUT2D eigenvalue weighted by Crippen LogP contribution is 2.18. The van der Waals surface area contributed by atoms with Gasteiger partial charge in [0.1, 0.15) is 11.6 Å². The van der Waals surface area contributed by atoms with Crippen molar-refractivity contribution in [2.24, 2.45) is 0 Å². The van der Waals surface area contributed by atoms with Gasteiger partial charge in [0.05, 0.1) is 5.56 Å². The van der Waals surface area contributed by atoms with Crippen LogP contribution in [0.3, 0.4) is 0 Å². The Bertz CT molecular complexity index is 915. The fraction of sp³-hybridized carbons (Fsp3) is 0. The van der Waals surface area contributed by atoms with E-state index in [4.69, 9.17) is 0 Å². The van der Waals surface area contributed by atoms with E-state index in [1.807, 2.05) is 0 Å². The molecule has 0 radical (unpaired) electrons. The lowest BCUT2D eigenvalue weighted by atomic mass is 10.1. The maximum Gasteiger partial charge on any atom is 0.256 e. The van der Waals surface area contributed by atoms with E-state index < -0.39 is 23.1 Å². The molecule has 2 aromatic carbocycles. The van der Waals surface area contributed by atoms with Gasteiger partial charge in [0.2, 0.25) is 5.56 Å². The maximum atomic E-state index is 13.2. The van der Waals surface area contributed by atoms with Gasteiger partial charge in [-0.05, 0) is 18.2 Å². The van der Waals surface area contributed by atoms with Crippen molar-refractivity contribution in [1.29, 1.82) is 0 Å². The average Bonchev–Trinajstić information content (AvgIpc) is 2.45. The number of hydrogen-bond acceptors (Lipinski definition) is 2. The minimum absolute atomic E-state index is 0.0214. The van der Waals surface area contributed by atoms with Crippen molar-refractivity contribution >= 4 is 22.5 Å². The summed E-state index contributed by atoms with van der Waals surface area (Å²) in [5.41, 5.74) is 0.177. The van der Waals surface area contributed by atoms with Crippen LogP contribution in [-0.2, 0) is 0 Å². The molecule has 1 amide bonds. The van der Waals surface area contributed by atoms with E-state index in [1.54, 1.807) is 24.3 Å². The van der Waals surface area contributed by atoms with Gasteiger partial charge >= 0.3 is 0 Å². The van der Waals surface area contributed by atoms with Crippen molar-refractivity contribution < 1.29 is 13.6 Å². The molecule has 0 atom stereocenters. The number of aromatic amines is 1. The third-order valence-corrected chi connectivity index (χ3v) is 3.12. The number of rotatable bonds is 2. The number of H-pyrrole nitrogens is 1. The second-order valence-corrected chi connectivity index (χ2v) is 4.71. The summed E-state index contributed by atoms with van der Waals surface area (Å²) < 4.78 is 26.3. The van der Waals surface area contributed by atoms with Gasteiger partial charge in [0, 0.05) is 28.7 Å². The van der Waals surface area contributed by atoms with Crippen LogP contribution in [0.5, 0.6) is 0 Å². The van der Waals surface area contributed by atoms with Gasteiger partial charge < -0.3 is 10.3 Å². The molecule has 3 rings (SSSR count). The first-order valence-electron chi connectivity index (χ1n) is 6.42. The highest BCUT2D eigenvalue weighted by Gasteiger charge is 2.12. The quantitative estimate of drug-likeness (QED) is 0.764. The van der Waals surface area contributed by atoms with Gasteiger partial charge in [-0.15, -0.1) is 0 Å². The second kappa shape index (κ2) is 5.40. The van der Waals surface area contributed by atoms with Crippen molar-refractivity contribution in [3.63, 3.8) is 0 Å². The largest absolute Gasteiger partial charge is 0.322 e. The lowest BCUT2D eigenvalue weighted by Gasteiger charge is -2.08. The van der Waals surface area contributed by atoms with Gasteiger partial charge in [0.15, 0.2) is 0 Å². The van der Waals surface area contributed by atoms with Crippen LogP contribution in [0.1, 0.15) is 10.4 Å². The van der Waals surface area contributed by atoms with Crippen molar-refractivity contribution in [3.05, 3.63) is 76.1 Å². The fourth-order valence-corrected chi connectivity index (χ4v) is 2.22. The molecule has 3 aromatic rings. The Balaban J connectivity index is 2.04. The highest BCUT2D eigenvalue weighted by atomic mass is 19.1. The number of aromatic nitrogens is 1. The summed E-state index contributed by atoms with van der Waals surface area (Å²) >= 11 is 0. The van der Waals surface area contributed by atoms with Gasteiger partial charge in [0.25, 0.3) is 5.91 Å². The van der Waals surface area contributed by atoms with Crippen LogP contribution in [0.2, 0.25) is 0 Å². The van der Waals surface area contributed by atoms with E-state index in [9.17, 15) is 18.4 Å². The molecule has 6 heteroatoms. The molecule has 1 aromatic heterocycles. The molecule has 2 N–H and O–H groups in total. The molecule has 4 nitrogen and oxygen atoms in total. The molecule has 0 aliphatic heterocycles. The zero-order chi connectivity index (χ0) is 15.7. The first-order chi connectivity index (χ1) is 10.5. The number of benzene rings is 2. The lowest BCUT2D eigenvalue weighted by molar-refractivity contribution is 0.102. The zero-order valence-corrected chi connectivity index (χ0v) is 11.2. The smallest absolute Gasteiger partial charge is 0.256 e. The van der Waals surface area contributed by atoms with Crippen LogP contribution in [-0.4, -0.2) is 10.9 Å². The first kappa shape index (κ1) is 13.9. The number of halogens is 2. The Morgan fingerprint density at radius 2 is 1.68 bits per heavy atom. The lowest BCUT2D eigenvalue weighted by Crippen LogP contribution is -2.17. The third kappa shape index (κ3) is 2.71. The van der Waals surface area contributed by atoms with E-state index in [0.29, 0.717) is 17.0 Å². The number of hydrogen-bond donors (Lipinski definition) is 2. The minimum Gasteiger partial charge on any atom is -0.322 e. The van der Waals surface area contributed by atoms with Crippen LogP contribution in [0, 0.1) is 11.6 Å². The average molecular weight is 300 g/mol. The Hall–Kier alpha value is -3.02. The molecule has 0 spiro atoms. The van der Waals surface area contributed by atoms with Gasteiger partial charge in [-0.25, -0.2) is 8.78 Å². The fourth-order valence-electron chi connectivity index (χ4n) is 2.22. The molecule has 0 aliphatic rings. The summed E-state index contributed by atoms with van der Waals surface area (Å²) in [6, 6.07) is 10.6. The SMILES string of the molecule is O=C(Nc1cc(F)cc(F)c1)c1cc(=O)[nH]c2ccccc12. The number of carbonyl (C=O) groups excluding carboxylic acids is 1. The van der Waals surface area contributed by atoms with Crippen LogP contribution < -0.4 is 10.9 Å². The normalized spacial score (nSPS) is 10.6. The molecule has 0 fully saturated rings. The third-order valence-electron chi connectivity index (χ3n) is 3.12. The standard InChI is InChI=1S/C16H10F2N2O2/c17-9-5-10(18)7-11(6-9)19-16(22)13-8-15(21)20-14-4-2-1-3-12(13)14/h1-8H,(H,19,22)(H,20,21). The van der Waals surface area contributed by atoms with E-state index in [-0.39, 0.29) is 11.3 Å². The molecule has 0 bridgehead atoms. The van der Waals surface area contributed by atoms with E-state index in [0.717, 1.165) is 18.2 Å². The second-order valence-electron chi connectivity index (χ2n) is 4.71. The highest BCUT2D eigenvalue weighted by molar-refractivity contribution is 6.12. The predicted molar refractivity (Wildman–Crippen MR) is 78.9 cm³/mol. The number of carbonyl (C=O) groups is 1. The monoisotopic (exact) mass is 300 g/mol. The van der Waals surface area contributed by atoms with Crippen molar-refractivity contribution in [1.82, 2.24) is 4.98 Å². The van der Waals surface area contributed by atoms with Gasteiger partial charge in [-0.2, -0.15) is 0 Å². The summed E-state index contributed by atoms with van der Waals surface area (Å²) in [6.45, 7) is 0. The van der Waals surface area contributed by atoms with Crippen LogP contribution >= 0.6 is 0 Å². The molecule has 0 unspecified atom stereocenters. The molecular formula is C16H10F2N2O2. The maximum absolute atomic E-state index is 13.2. The Kier molecular flexibility index (Phi) is 3.42. The van der Waals surface area contributed by atoms with E-state index in [1.165, 1.54) is 0 Å². The number of nitrogens with one attached hydrogen (secondary N) is 2. The molecule has 0 saturated carbocycles. The van der Waals surface area contributed by atoms with E-state index >= 15 is 0 Å². The Morgan fingerprint density at radius 3 is 2.41 bits per heavy atom. The summed E-state index contributed by atoms with van der Waals surface area (Å²) in [5, 5.41) is 2.93. The predicted octanol–water partition coefficient (Wildman–Crippen LogP) is 3.06. The summed E-state index contributed by atoms with van der Waals surface area (Å²) in [4.78, 5) is 26.5. The number of anilines is 1. The van der Waals surface area contributed by atoms with Crippen molar-refractivity contribution in [2.75, 3.05) is 5.32 Å². The topological polar surface area (TPSA) is 62.0 Å². The number of para-hydroxylation sites is 1. The van der Waals surface area contributed by atoms with Gasteiger partial charge in [-0.3, -0.25) is 9.59 Å². The molecule has 0 saturated heterocycles. The summed E-state index contributed by atoms with van der Waals surface area (Å²) in [5.74, 6) is -2.22. The minimum atomic E-state index is -0.800. The van der Waals surface area contributed by atoms with Crippen molar-refractivity contribution in [2.45, 2.75) is 0 Å². The van der Waals surface area contributed by atoms with Crippen LogP contribution in [0.15, 0.2) is 53.3 Å². The van der Waals surface area contributed by atoms with Crippen LogP contribution in [0.25, 0.3) is 10.9 Å². The molecule has 22 heavy (non-hydrogen) atoms. The van der Waals surface area contributed by atoms with Gasteiger partial charge in [-0.1, -0.05) is 18.2 Å². The molecule has 110 valence electrons. The Morgan fingerprint density at radius 1 is 1.00 bits per heavy atom. The summed E-state index contributed by atoms with van der Waals surface area (Å²) in [6.07, 6.45) is 0. The molecular weight excluding hydrogens is 290 g/mol. The number of pyridine rings is 1. The van der Waals surface area contributed by atoms with Crippen molar-refractivity contribution in [3.8, 4) is 0 Å². The van der Waals surface area contributed by atoms with Crippen LogP contribution in [0.4, 0.5) is 14.5 Å². The van der Waals surface area contributed by atoms with E-state index in [2.05, 4.69) is 10.3 Å². The first-order valence-corrected chi connectivity index (χ1v) is 6.42.